The second kappa shape index (κ2) is 8.12. The van der Waals surface area contributed by atoms with Crippen molar-refractivity contribution in [2.75, 3.05) is 19.7 Å². The molecule has 0 aliphatic carbocycles. The topological polar surface area (TPSA) is 86.6 Å². The average Bonchev–Trinajstić information content (AvgIpc) is 2.81. The van der Waals surface area contributed by atoms with E-state index < -0.39 is 0 Å². The van der Waals surface area contributed by atoms with Gasteiger partial charge < -0.3 is 14.9 Å². The Morgan fingerprint density at radius 1 is 1.06 bits per heavy atom. The van der Waals surface area contributed by atoms with Crippen molar-refractivity contribution in [2.24, 2.45) is 0 Å². The number of piperazine rings is 1. The van der Waals surface area contributed by atoms with E-state index in [1.54, 1.807) is 17.0 Å². The van der Waals surface area contributed by atoms with Crippen molar-refractivity contribution < 1.29 is 19.1 Å². The standard InChI is InChI=1S/C24H21FN4O3/c25-18-7-5-16(6-8-18)15-1-3-17(4-2-15)23-20-12-28(13-22(31)29(20)21(23)14-30)24(32)19-11-26-9-10-27-19/h1-11,20-21,23,30H,12-14H2/t20-,21+,23+/m1/s1. The van der Waals surface area contributed by atoms with Gasteiger partial charge >= 0.3 is 0 Å². The van der Waals surface area contributed by atoms with E-state index in [2.05, 4.69) is 9.97 Å². The zero-order chi connectivity index (χ0) is 22.2. The molecule has 2 amide bonds. The summed E-state index contributed by atoms with van der Waals surface area (Å²) in [7, 11) is 0. The number of rotatable bonds is 4. The molecule has 2 aliphatic rings. The molecule has 3 atom stereocenters. The number of hydrogen-bond donors (Lipinski definition) is 1. The quantitative estimate of drug-likeness (QED) is 0.682. The highest BCUT2D eigenvalue weighted by atomic mass is 19.1. The summed E-state index contributed by atoms with van der Waals surface area (Å²) in [6, 6.07) is 13.6. The average molecular weight is 432 g/mol. The molecule has 7 nitrogen and oxygen atoms in total. The SMILES string of the molecule is O=C(c1cnccn1)N1CC(=O)N2[C@H](C1)[C@H](c1ccc(-c3ccc(F)cc3)cc1)[C@@H]2CO. The zero-order valence-corrected chi connectivity index (χ0v) is 17.1. The van der Waals surface area contributed by atoms with Crippen LogP contribution in [-0.2, 0) is 4.79 Å². The van der Waals surface area contributed by atoms with Gasteiger partial charge in [-0.3, -0.25) is 14.6 Å². The minimum absolute atomic E-state index is 0.0430. The first-order valence-corrected chi connectivity index (χ1v) is 10.4. The Morgan fingerprint density at radius 3 is 2.38 bits per heavy atom. The van der Waals surface area contributed by atoms with Crippen molar-refractivity contribution in [3.8, 4) is 11.1 Å². The maximum absolute atomic E-state index is 13.2. The highest BCUT2D eigenvalue weighted by molar-refractivity contribution is 5.96. The molecule has 5 rings (SSSR count). The number of aliphatic hydroxyl groups excluding tert-OH is 1. The first kappa shape index (κ1) is 20.3. The van der Waals surface area contributed by atoms with Crippen LogP contribution in [0.25, 0.3) is 11.1 Å². The summed E-state index contributed by atoms with van der Waals surface area (Å²) in [6.45, 7) is 0.172. The van der Waals surface area contributed by atoms with E-state index in [0.717, 1.165) is 16.7 Å². The fourth-order valence-corrected chi connectivity index (χ4v) is 4.77. The Hall–Kier alpha value is -3.65. The largest absolute Gasteiger partial charge is 0.394 e. The molecule has 32 heavy (non-hydrogen) atoms. The van der Waals surface area contributed by atoms with Crippen LogP contribution in [0.3, 0.4) is 0 Å². The number of amides is 2. The molecule has 2 aliphatic heterocycles. The van der Waals surface area contributed by atoms with E-state index in [1.165, 1.54) is 35.6 Å². The number of aliphatic hydroxyl groups is 1. The lowest BCUT2D eigenvalue weighted by Gasteiger charge is -2.58. The summed E-state index contributed by atoms with van der Waals surface area (Å²) in [4.78, 5) is 36.8. The van der Waals surface area contributed by atoms with Crippen molar-refractivity contribution in [1.29, 1.82) is 0 Å². The van der Waals surface area contributed by atoms with E-state index in [0.29, 0.717) is 6.54 Å². The second-order valence-electron chi connectivity index (χ2n) is 8.05. The van der Waals surface area contributed by atoms with Crippen molar-refractivity contribution in [1.82, 2.24) is 19.8 Å². The van der Waals surface area contributed by atoms with Crippen molar-refractivity contribution in [2.45, 2.75) is 18.0 Å². The molecule has 0 bridgehead atoms. The maximum Gasteiger partial charge on any atom is 0.274 e. The van der Waals surface area contributed by atoms with Gasteiger partial charge in [-0.2, -0.15) is 0 Å². The molecular formula is C24H21FN4O3. The normalized spacial score (nSPS) is 22.3. The molecule has 1 aromatic heterocycles. The van der Waals surface area contributed by atoms with Crippen molar-refractivity contribution >= 4 is 11.8 Å². The molecule has 0 radical (unpaired) electrons. The van der Waals surface area contributed by atoms with Gasteiger partial charge in [-0.1, -0.05) is 36.4 Å². The predicted molar refractivity (Wildman–Crippen MR) is 114 cm³/mol. The number of nitrogens with zero attached hydrogens (tertiary/aromatic N) is 4. The molecule has 8 heteroatoms. The molecule has 0 unspecified atom stereocenters. The van der Waals surface area contributed by atoms with Crippen LogP contribution in [0.1, 0.15) is 22.0 Å². The van der Waals surface area contributed by atoms with E-state index in [4.69, 9.17) is 0 Å². The van der Waals surface area contributed by atoms with E-state index in [-0.39, 0.29) is 54.5 Å². The van der Waals surface area contributed by atoms with E-state index in [1.807, 2.05) is 24.3 Å². The highest BCUT2D eigenvalue weighted by Crippen LogP contribution is 2.43. The van der Waals surface area contributed by atoms with Crippen molar-refractivity contribution in [3.63, 3.8) is 0 Å². The molecule has 162 valence electrons. The van der Waals surface area contributed by atoms with E-state index in [9.17, 15) is 19.1 Å². The summed E-state index contributed by atoms with van der Waals surface area (Å²) in [5, 5.41) is 9.96. The number of hydrogen-bond acceptors (Lipinski definition) is 5. The Kier molecular flexibility index (Phi) is 5.14. The summed E-state index contributed by atoms with van der Waals surface area (Å²) < 4.78 is 13.2. The predicted octanol–water partition coefficient (Wildman–Crippen LogP) is 2.09. The Labute approximate surface area is 184 Å². The molecule has 1 N–H and O–H groups in total. The lowest BCUT2D eigenvalue weighted by atomic mass is 9.73. The lowest BCUT2D eigenvalue weighted by molar-refractivity contribution is -0.159. The minimum atomic E-state index is -0.330. The van der Waals surface area contributed by atoms with Gasteiger partial charge in [0.05, 0.1) is 24.9 Å². The number of aromatic nitrogens is 2. The van der Waals surface area contributed by atoms with Gasteiger partial charge in [0.2, 0.25) is 5.91 Å². The molecule has 0 saturated carbocycles. The molecular weight excluding hydrogens is 411 g/mol. The van der Waals surface area contributed by atoms with Crippen LogP contribution < -0.4 is 0 Å². The Bertz CT molecular complexity index is 1140. The lowest BCUT2D eigenvalue weighted by Crippen LogP contribution is -2.73. The maximum atomic E-state index is 13.2. The zero-order valence-electron chi connectivity index (χ0n) is 17.1. The summed E-state index contributed by atoms with van der Waals surface area (Å²) in [5.41, 5.74) is 3.04. The first-order chi connectivity index (χ1) is 15.6. The monoisotopic (exact) mass is 432 g/mol. The van der Waals surface area contributed by atoms with Gasteiger partial charge in [0.15, 0.2) is 0 Å². The van der Waals surface area contributed by atoms with Crippen LogP contribution in [0.4, 0.5) is 4.39 Å². The molecule has 0 spiro atoms. The van der Waals surface area contributed by atoms with Gasteiger partial charge in [0.1, 0.15) is 18.1 Å². The molecule has 2 saturated heterocycles. The molecule has 3 heterocycles. The van der Waals surface area contributed by atoms with Gasteiger partial charge in [-0.05, 0) is 28.8 Å². The van der Waals surface area contributed by atoms with Crippen LogP contribution in [0.5, 0.6) is 0 Å². The van der Waals surface area contributed by atoms with Crippen LogP contribution in [-0.4, -0.2) is 68.5 Å². The number of fused-ring (bicyclic) bond motifs is 1. The van der Waals surface area contributed by atoms with Gasteiger partial charge in [0, 0.05) is 24.9 Å². The summed E-state index contributed by atoms with van der Waals surface area (Å²) in [6.07, 6.45) is 4.33. The van der Waals surface area contributed by atoms with Crippen LogP contribution in [0, 0.1) is 5.82 Å². The van der Waals surface area contributed by atoms with E-state index >= 15 is 0 Å². The van der Waals surface area contributed by atoms with Crippen molar-refractivity contribution in [3.05, 3.63) is 84.2 Å². The third-order valence-electron chi connectivity index (χ3n) is 6.29. The first-order valence-electron chi connectivity index (χ1n) is 10.4. The number of benzene rings is 2. The van der Waals surface area contributed by atoms with Crippen LogP contribution >= 0.6 is 0 Å². The Balaban J connectivity index is 1.38. The molecule has 2 fully saturated rings. The van der Waals surface area contributed by atoms with Gasteiger partial charge in [-0.25, -0.2) is 9.37 Å². The number of halogens is 1. The molecule has 3 aromatic rings. The second-order valence-corrected chi connectivity index (χ2v) is 8.05. The third-order valence-corrected chi connectivity index (χ3v) is 6.29. The van der Waals surface area contributed by atoms with Crippen LogP contribution in [0.2, 0.25) is 0 Å². The van der Waals surface area contributed by atoms with Gasteiger partial charge in [-0.15, -0.1) is 0 Å². The van der Waals surface area contributed by atoms with Crippen LogP contribution in [0.15, 0.2) is 67.1 Å². The number of carbonyl (C=O) groups excluding carboxylic acids is 2. The van der Waals surface area contributed by atoms with Gasteiger partial charge in [0.25, 0.3) is 5.91 Å². The smallest absolute Gasteiger partial charge is 0.274 e. The summed E-state index contributed by atoms with van der Waals surface area (Å²) in [5.74, 6) is -0.891. The molecule has 2 aromatic carbocycles. The fourth-order valence-electron chi connectivity index (χ4n) is 4.77. The minimum Gasteiger partial charge on any atom is -0.394 e. The fraction of sp³-hybridized carbons (Fsp3) is 0.250. The third kappa shape index (κ3) is 3.42. The Morgan fingerprint density at radius 2 is 1.75 bits per heavy atom. The summed E-state index contributed by atoms with van der Waals surface area (Å²) >= 11 is 0. The highest BCUT2D eigenvalue weighted by Gasteiger charge is 2.54. The number of carbonyl (C=O) groups is 2.